The Bertz CT molecular complexity index is 621. The van der Waals surface area contributed by atoms with Crippen LogP contribution in [0.4, 0.5) is 4.39 Å². The lowest BCUT2D eigenvalue weighted by molar-refractivity contribution is 0.0735. The number of benzene rings is 1. The van der Waals surface area contributed by atoms with Gasteiger partial charge in [0.25, 0.3) is 5.91 Å². The molecule has 1 aromatic heterocycles. The maximum absolute atomic E-state index is 12.9. The van der Waals surface area contributed by atoms with Crippen LogP contribution >= 0.6 is 27.3 Å². The molecule has 0 unspecified atom stereocenters. The molecule has 1 heterocycles. The van der Waals surface area contributed by atoms with Crippen molar-refractivity contribution < 1.29 is 9.18 Å². The van der Waals surface area contributed by atoms with E-state index in [2.05, 4.69) is 15.9 Å². The summed E-state index contributed by atoms with van der Waals surface area (Å²) in [5.41, 5.74) is 0.960. The van der Waals surface area contributed by atoms with Gasteiger partial charge in [0.15, 0.2) is 0 Å². The molecule has 104 valence electrons. The van der Waals surface area contributed by atoms with Crippen molar-refractivity contribution in [1.29, 1.82) is 0 Å². The number of hydrogen-bond acceptors (Lipinski definition) is 2. The second-order valence-electron chi connectivity index (χ2n) is 4.89. The van der Waals surface area contributed by atoms with Crippen molar-refractivity contribution in [3.8, 4) is 0 Å². The molecule has 1 saturated carbocycles. The van der Waals surface area contributed by atoms with Crippen LogP contribution in [0.15, 0.2) is 40.2 Å². The summed E-state index contributed by atoms with van der Waals surface area (Å²) in [5, 5.41) is 0. The van der Waals surface area contributed by atoms with Gasteiger partial charge >= 0.3 is 0 Å². The topological polar surface area (TPSA) is 20.3 Å². The van der Waals surface area contributed by atoms with Crippen molar-refractivity contribution in [2.24, 2.45) is 0 Å². The van der Waals surface area contributed by atoms with Gasteiger partial charge in [-0.25, -0.2) is 4.39 Å². The number of rotatable bonds is 4. The van der Waals surface area contributed by atoms with Gasteiger partial charge in [0.1, 0.15) is 5.82 Å². The second-order valence-corrected chi connectivity index (χ2v) is 7.36. The van der Waals surface area contributed by atoms with Crippen molar-refractivity contribution in [3.05, 3.63) is 56.4 Å². The maximum atomic E-state index is 12.9. The summed E-state index contributed by atoms with van der Waals surface area (Å²) in [6, 6.07) is 10.4. The number of thiophene rings is 1. The molecule has 2 nitrogen and oxygen atoms in total. The van der Waals surface area contributed by atoms with Crippen molar-refractivity contribution in [2.75, 3.05) is 0 Å². The minimum atomic E-state index is -0.250. The first-order chi connectivity index (χ1) is 9.63. The SMILES string of the molecule is O=C(c1ccc(Br)s1)N(Cc1ccc(F)cc1)C1CC1. The molecule has 0 bridgehead atoms. The molecule has 1 amide bonds. The zero-order valence-electron chi connectivity index (χ0n) is 10.7. The summed E-state index contributed by atoms with van der Waals surface area (Å²) in [5.74, 6) is -0.187. The molecule has 3 rings (SSSR count). The molecule has 2 aromatic rings. The Kier molecular flexibility index (Phi) is 3.89. The van der Waals surface area contributed by atoms with Crippen LogP contribution in [0.25, 0.3) is 0 Å². The molecule has 0 saturated heterocycles. The van der Waals surface area contributed by atoms with Crippen LogP contribution in [0, 0.1) is 5.82 Å². The van der Waals surface area contributed by atoms with Crippen LogP contribution in [-0.4, -0.2) is 16.8 Å². The van der Waals surface area contributed by atoms with Gasteiger partial charge in [0.05, 0.1) is 8.66 Å². The van der Waals surface area contributed by atoms with Gasteiger partial charge in [-0.05, 0) is 58.6 Å². The van der Waals surface area contributed by atoms with Gasteiger partial charge in [-0.2, -0.15) is 0 Å². The first kappa shape index (κ1) is 13.8. The van der Waals surface area contributed by atoms with E-state index < -0.39 is 0 Å². The van der Waals surface area contributed by atoms with E-state index in [0.29, 0.717) is 12.6 Å². The first-order valence-electron chi connectivity index (χ1n) is 6.44. The van der Waals surface area contributed by atoms with E-state index in [1.807, 2.05) is 17.0 Å². The number of nitrogens with zero attached hydrogens (tertiary/aromatic N) is 1. The van der Waals surface area contributed by atoms with Crippen molar-refractivity contribution >= 4 is 33.2 Å². The molecule has 0 atom stereocenters. The number of carbonyl (C=O) groups is 1. The van der Waals surface area contributed by atoms with Crippen LogP contribution in [0.2, 0.25) is 0 Å². The van der Waals surface area contributed by atoms with E-state index in [9.17, 15) is 9.18 Å². The molecular weight excluding hydrogens is 341 g/mol. The van der Waals surface area contributed by atoms with Crippen LogP contribution in [0.5, 0.6) is 0 Å². The number of hydrogen-bond donors (Lipinski definition) is 0. The number of amides is 1. The summed E-state index contributed by atoms with van der Waals surface area (Å²) >= 11 is 4.83. The molecule has 0 aliphatic heterocycles. The summed E-state index contributed by atoms with van der Waals surface area (Å²) in [7, 11) is 0. The molecule has 0 radical (unpaired) electrons. The molecule has 20 heavy (non-hydrogen) atoms. The summed E-state index contributed by atoms with van der Waals surface area (Å²) in [6.07, 6.45) is 2.11. The fourth-order valence-electron chi connectivity index (χ4n) is 2.11. The predicted octanol–water partition coefficient (Wildman–Crippen LogP) is 4.45. The molecule has 1 aliphatic rings. The zero-order valence-corrected chi connectivity index (χ0v) is 13.1. The van der Waals surface area contributed by atoms with Crippen LogP contribution in [-0.2, 0) is 6.54 Å². The summed E-state index contributed by atoms with van der Waals surface area (Å²) < 4.78 is 13.9. The molecular formula is C15H13BrFNOS. The van der Waals surface area contributed by atoms with E-state index in [-0.39, 0.29) is 11.7 Å². The Morgan fingerprint density at radius 1 is 1.25 bits per heavy atom. The number of carbonyl (C=O) groups excluding carboxylic acids is 1. The molecule has 1 fully saturated rings. The average molecular weight is 354 g/mol. The standard InChI is InChI=1S/C15H13BrFNOS/c16-14-8-7-13(20-14)15(19)18(12-5-6-12)9-10-1-3-11(17)4-2-10/h1-4,7-8,12H,5-6,9H2. The van der Waals surface area contributed by atoms with Crippen molar-refractivity contribution in [2.45, 2.75) is 25.4 Å². The molecule has 1 aromatic carbocycles. The first-order valence-corrected chi connectivity index (χ1v) is 8.05. The van der Waals surface area contributed by atoms with E-state index in [0.717, 1.165) is 27.1 Å². The Morgan fingerprint density at radius 2 is 1.95 bits per heavy atom. The molecule has 1 aliphatic carbocycles. The lowest BCUT2D eigenvalue weighted by Crippen LogP contribution is -2.32. The number of halogens is 2. The zero-order chi connectivity index (χ0) is 14.1. The quantitative estimate of drug-likeness (QED) is 0.794. The van der Waals surface area contributed by atoms with E-state index in [4.69, 9.17) is 0 Å². The van der Waals surface area contributed by atoms with Crippen LogP contribution in [0.1, 0.15) is 28.1 Å². The lowest BCUT2D eigenvalue weighted by atomic mass is 10.2. The van der Waals surface area contributed by atoms with Crippen LogP contribution < -0.4 is 0 Å². The third kappa shape index (κ3) is 3.10. The van der Waals surface area contributed by atoms with E-state index >= 15 is 0 Å². The van der Waals surface area contributed by atoms with Crippen molar-refractivity contribution in [3.63, 3.8) is 0 Å². The minimum Gasteiger partial charge on any atom is -0.331 e. The second kappa shape index (κ2) is 5.66. The predicted molar refractivity (Wildman–Crippen MR) is 81.3 cm³/mol. The smallest absolute Gasteiger partial charge is 0.264 e. The molecule has 0 spiro atoms. The van der Waals surface area contributed by atoms with Gasteiger partial charge in [0.2, 0.25) is 0 Å². The van der Waals surface area contributed by atoms with Gasteiger partial charge < -0.3 is 4.90 Å². The Balaban J connectivity index is 1.79. The monoisotopic (exact) mass is 353 g/mol. The Labute approximate surface area is 129 Å². The van der Waals surface area contributed by atoms with Gasteiger partial charge in [-0.15, -0.1) is 11.3 Å². The normalized spacial score (nSPS) is 14.3. The maximum Gasteiger partial charge on any atom is 0.264 e. The highest BCUT2D eigenvalue weighted by molar-refractivity contribution is 9.11. The Hall–Kier alpha value is -1.20. The Morgan fingerprint density at radius 3 is 2.50 bits per heavy atom. The third-order valence-corrected chi connectivity index (χ3v) is 4.91. The minimum absolute atomic E-state index is 0.0625. The van der Waals surface area contributed by atoms with E-state index in [1.54, 1.807) is 12.1 Å². The highest BCUT2D eigenvalue weighted by Crippen LogP contribution is 2.32. The lowest BCUT2D eigenvalue weighted by Gasteiger charge is -2.22. The van der Waals surface area contributed by atoms with Gasteiger partial charge in [0, 0.05) is 12.6 Å². The van der Waals surface area contributed by atoms with Crippen LogP contribution in [0.3, 0.4) is 0 Å². The third-order valence-electron chi connectivity index (χ3n) is 3.30. The summed E-state index contributed by atoms with van der Waals surface area (Å²) in [4.78, 5) is 15.2. The van der Waals surface area contributed by atoms with E-state index in [1.165, 1.54) is 23.5 Å². The fraction of sp³-hybridized carbons (Fsp3) is 0.267. The van der Waals surface area contributed by atoms with Gasteiger partial charge in [-0.1, -0.05) is 12.1 Å². The summed E-state index contributed by atoms with van der Waals surface area (Å²) in [6.45, 7) is 0.541. The molecule has 0 N–H and O–H groups in total. The average Bonchev–Trinajstić information content (AvgIpc) is 3.19. The van der Waals surface area contributed by atoms with Crippen molar-refractivity contribution in [1.82, 2.24) is 4.90 Å². The largest absolute Gasteiger partial charge is 0.331 e. The molecule has 5 heteroatoms. The fourth-order valence-corrected chi connectivity index (χ4v) is 3.45. The highest BCUT2D eigenvalue weighted by atomic mass is 79.9. The highest BCUT2D eigenvalue weighted by Gasteiger charge is 2.33. The van der Waals surface area contributed by atoms with Gasteiger partial charge in [-0.3, -0.25) is 4.79 Å².